The van der Waals surface area contributed by atoms with Crippen molar-refractivity contribution in [1.29, 1.82) is 5.26 Å². The van der Waals surface area contributed by atoms with Crippen molar-refractivity contribution < 1.29 is 14.3 Å². The van der Waals surface area contributed by atoms with Crippen molar-refractivity contribution in [3.05, 3.63) is 48.2 Å². The molecule has 2 aromatic rings. The summed E-state index contributed by atoms with van der Waals surface area (Å²) in [6, 6.07) is 14.3. The number of hydrogen-bond donors (Lipinski definition) is 0. The molecule has 0 N–H and O–H groups in total. The smallest absolute Gasteiger partial charge is 0.359 e. The summed E-state index contributed by atoms with van der Waals surface area (Å²) in [6.45, 7) is 3.59. The van der Waals surface area contributed by atoms with Crippen LogP contribution in [0.3, 0.4) is 0 Å². The minimum atomic E-state index is -1.03. The monoisotopic (exact) mass is 393 g/mol. The zero-order chi connectivity index (χ0) is 20.6. The molecule has 1 saturated heterocycles. The van der Waals surface area contributed by atoms with Crippen LogP contribution in [0, 0.1) is 11.3 Å². The highest BCUT2D eigenvalue weighted by atomic mass is 16.5. The van der Waals surface area contributed by atoms with E-state index < -0.39 is 18.0 Å². The molecule has 0 bridgehead atoms. The van der Waals surface area contributed by atoms with Crippen LogP contribution in [-0.4, -0.2) is 47.8 Å². The SMILES string of the molecule is CC(OC(=O)c1ccc(N2CCCC2)nn1)C(=O)N(CCC#N)c1ccccc1. The highest BCUT2D eigenvalue weighted by molar-refractivity contribution is 5.98. The van der Waals surface area contributed by atoms with E-state index in [-0.39, 0.29) is 18.7 Å². The molecule has 1 atom stereocenters. The van der Waals surface area contributed by atoms with E-state index in [1.807, 2.05) is 12.1 Å². The lowest BCUT2D eigenvalue weighted by Crippen LogP contribution is -2.40. The van der Waals surface area contributed by atoms with Gasteiger partial charge in [-0.1, -0.05) is 18.2 Å². The van der Waals surface area contributed by atoms with Gasteiger partial charge in [-0.15, -0.1) is 10.2 Å². The molecule has 0 radical (unpaired) electrons. The third-order valence-corrected chi connectivity index (χ3v) is 4.70. The fourth-order valence-electron chi connectivity index (χ4n) is 3.18. The second-order valence-corrected chi connectivity index (χ2v) is 6.75. The Morgan fingerprint density at radius 2 is 1.90 bits per heavy atom. The molecule has 150 valence electrons. The summed E-state index contributed by atoms with van der Waals surface area (Å²) in [7, 11) is 0. The van der Waals surface area contributed by atoms with Crippen LogP contribution in [0.1, 0.15) is 36.7 Å². The Hall–Kier alpha value is -3.47. The van der Waals surface area contributed by atoms with E-state index in [4.69, 9.17) is 10.00 Å². The highest BCUT2D eigenvalue weighted by Gasteiger charge is 2.26. The number of nitriles is 1. The molecule has 1 aliphatic heterocycles. The number of benzene rings is 1. The Labute approximate surface area is 169 Å². The van der Waals surface area contributed by atoms with Crippen LogP contribution in [0.15, 0.2) is 42.5 Å². The van der Waals surface area contributed by atoms with Crippen LogP contribution in [0.2, 0.25) is 0 Å². The van der Waals surface area contributed by atoms with Gasteiger partial charge in [0.15, 0.2) is 17.6 Å². The number of rotatable bonds is 7. The van der Waals surface area contributed by atoms with E-state index in [9.17, 15) is 9.59 Å². The van der Waals surface area contributed by atoms with Gasteiger partial charge in [-0.25, -0.2) is 4.79 Å². The van der Waals surface area contributed by atoms with Gasteiger partial charge >= 0.3 is 5.97 Å². The number of ether oxygens (including phenoxy) is 1. The fraction of sp³-hybridized carbons (Fsp3) is 0.381. The first-order valence-corrected chi connectivity index (χ1v) is 9.63. The normalized spacial score (nSPS) is 14.1. The number of carbonyl (C=O) groups is 2. The van der Waals surface area contributed by atoms with E-state index in [1.54, 1.807) is 36.4 Å². The number of anilines is 2. The minimum Gasteiger partial charge on any atom is -0.448 e. The van der Waals surface area contributed by atoms with Gasteiger partial charge < -0.3 is 14.5 Å². The Balaban J connectivity index is 1.65. The molecule has 0 saturated carbocycles. The third-order valence-electron chi connectivity index (χ3n) is 4.70. The topological polar surface area (TPSA) is 99.4 Å². The third kappa shape index (κ3) is 5.08. The van der Waals surface area contributed by atoms with E-state index in [1.165, 1.54) is 11.8 Å². The lowest BCUT2D eigenvalue weighted by Gasteiger charge is -2.25. The molecule has 8 nitrogen and oxygen atoms in total. The van der Waals surface area contributed by atoms with Crippen LogP contribution >= 0.6 is 0 Å². The lowest BCUT2D eigenvalue weighted by molar-refractivity contribution is -0.126. The Kier molecular flexibility index (Phi) is 6.74. The van der Waals surface area contributed by atoms with Crippen LogP contribution in [-0.2, 0) is 9.53 Å². The van der Waals surface area contributed by atoms with Gasteiger partial charge in [-0.05, 0) is 44.0 Å². The van der Waals surface area contributed by atoms with Gasteiger partial charge in [-0.3, -0.25) is 4.79 Å². The second kappa shape index (κ2) is 9.64. The molecular formula is C21H23N5O3. The van der Waals surface area contributed by atoms with E-state index in [0.29, 0.717) is 5.69 Å². The van der Waals surface area contributed by atoms with Crippen molar-refractivity contribution in [2.75, 3.05) is 29.4 Å². The van der Waals surface area contributed by atoms with Crippen LogP contribution in [0.4, 0.5) is 11.5 Å². The van der Waals surface area contributed by atoms with E-state index in [2.05, 4.69) is 15.1 Å². The zero-order valence-corrected chi connectivity index (χ0v) is 16.3. The van der Waals surface area contributed by atoms with Crippen LogP contribution in [0.25, 0.3) is 0 Å². The van der Waals surface area contributed by atoms with Gasteiger partial charge in [0.1, 0.15) is 0 Å². The molecule has 29 heavy (non-hydrogen) atoms. The highest BCUT2D eigenvalue weighted by Crippen LogP contribution is 2.18. The summed E-state index contributed by atoms with van der Waals surface area (Å²) in [5.74, 6) is -0.379. The molecule has 1 fully saturated rings. The second-order valence-electron chi connectivity index (χ2n) is 6.75. The molecule has 1 unspecified atom stereocenters. The predicted molar refractivity (Wildman–Crippen MR) is 107 cm³/mol. The Morgan fingerprint density at radius 3 is 2.52 bits per heavy atom. The van der Waals surface area contributed by atoms with E-state index in [0.717, 1.165) is 31.7 Å². The number of nitrogens with zero attached hydrogens (tertiary/aromatic N) is 5. The molecule has 1 aromatic heterocycles. The largest absolute Gasteiger partial charge is 0.448 e. The average molecular weight is 393 g/mol. The molecule has 0 aliphatic carbocycles. The van der Waals surface area contributed by atoms with Crippen LogP contribution < -0.4 is 9.80 Å². The standard InChI is InChI=1S/C21H23N5O3/c1-16(20(27)26(15-7-12-22)17-8-3-2-4-9-17)29-21(28)18-10-11-19(24-23-18)25-13-5-6-14-25/h2-4,8-11,16H,5-7,13-15H2,1H3. The van der Waals surface area contributed by atoms with Crippen molar-refractivity contribution in [3.63, 3.8) is 0 Å². The van der Waals surface area contributed by atoms with Gasteiger partial charge in [0, 0.05) is 25.3 Å². The van der Waals surface area contributed by atoms with Crippen LogP contribution in [0.5, 0.6) is 0 Å². The summed E-state index contributed by atoms with van der Waals surface area (Å²) < 4.78 is 5.32. The zero-order valence-electron chi connectivity index (χ0n) is 16.3. The number of aromatic nitrogens is 2. The first-order valence-electron chi connectivity index (χ1n) is 9.63. The minimum absolute atomic E-state index is 0.0517. The summed E-state index contributed by atoms with van der Waals surface area (Å²) >= 11 is 0. The molecular weight excluding hydrogens is 370 g/mol. The summed E-state index contributed by atoms with van der Waals surface area (Å²) in [5.41, 5.74) is 0.696. The molecule has 1 aliphatic rings. The summed E-state index contributed by atoms with van der Waals surface area (Å²) in [5, 5.41) is 16.9. The number of esters is 1. The maximum absolute atomic E-state index is 12.8. The van der Waals surface area contributed by atoms with Crippen molar-refractivity contribution >= 4 is 23.4 Å². The lowest BCUT2D eigenvalue weighted by atomic mass is 10.2. The average Bonchev–Trinajstić information content (AvgIpc) is 3.29. The number of hydrogen-bond acceptors (Lipinski definition) is 7. The number of para-hydroxylation sites is 1. The maximum atomic E-state index is 12.8. The van der Waals surface area contributed by atoms with Crippen molar-refractivity contribution in [3.8, 4) is 6.07 Å². The predicted octanol–water partition coefficient (Wildman–Crippen LogP) is 2.57. The van der Waals surface area contributed by atoms with Crippen molar-refractivity contribution in [2.45, 2.75) is 32.3 Å². The first-order chi connectivity index (χ1) is 14.1. The summed E-state index contributed by atoms with van der Waals surface area (Å²) in [6.07, 6.45) is 1.38. The number of amides is 1. The molecule has 1 amide bonds. The van der Waals surface area contributed by atoms with Gasteiger partial charge in [-0.2, -0.15) is 5.26 Å². The molecule has 3 rings (SSSR count). The molecule has 8 heteroatoms. The Morgan fingerprint density at radius 1 is 1.17 bits per heavy atom. The molecule has 1 aromatic carbocycles. The molecule has 0 spiro atoms. The molecule has 2 heterocycles. The van der Waals surface area contributed by atoms with Gasteiger partial charge in [0.05, 0.1) is 12.5 Å². The first kappa shape index (κ1) is 20.3. The number of carbonyl (C=O) groups excluding carboxylic acids is 2. The Bertz CT molecular complexity index is 873. The van der Waals surface area contributed by atoms with Crippen molar-refractivity contribution in [2.24, 2.45) is 0 Å². The fourth-order valence-corrected chi connectivity index (χ4v) is 3.18. The van der Waals surface area contributed by atoms with Crippen molar-refractivity contribution in [1.82, 2.24) is 10.2 Å². The quantitative estimate of drug-likeness (QED) is 0.667. The van der Waals surface area contributed by atoms with Gasteiger partial charge in [0.2, 0.25) is 0 Å². The maximum Gasteiger partial charge on any atom is 0.359 e. The summed E-state index contributed by atoms with van der Waals surface area (Å²) in [4.78, 5) is 28.8. The van der Waals surface area contributed by atoms with Gasteiger partial charge in [0.25, 0.3) is 5.91 Å². The van der Waals surface area contributed by atoms with E-state index >= 15 is 0 Å².